The fourth-order valence-corrected chi connectivity index (χ4v) is 5.26. The maximum Gasteiger partial charge on any atom is 0.407 e. The third-order valence-electron chi connectivity index (χ3n) is 6.96. The van der Waals surface area contributed by atoms with E-state index in [9.17, 15) is 14.4 Å². The first-order valence-corrected chi connectivity index (χ1v) is 12.1. The Balaban J connectivity index is 1.24. The second kappa shape index (κ2) is 10.7. The van der Waals surface area contributed by atoms with Gasteiger partial charge < -0.3 is 20.5 Å². The molecule has 1 fully saturated rings. The minimum atomic E-state index is -0.916. The molecular weight excluding hydrogens is 432 g/mol. The van der Waals surface area contributed by atoms with Crippen LogP contribution in [0.25, 0.3) is 11.1 Å². The van der Waals surface area contributed by atoms with Crippen molar-refractivity contribution in [2.75, 3.05) is 6.61 Å². The number of nitrogens with one attached hydrogen (secondary N) is 2. The summed E-state index contributed by atoms with van der Waals surface area (Å²) in [6.45, 7) is 2.14. The summed E-state index contributed by atoms with van der Waals surface area (Å²) in [5, 5.41) is 14.7. The zero-order valence-electron chi connectivity index (χ0n) is 19.5. The normalized spacial score (nSPS) is 19.7. The van der Waals surface area contributed by atoms with Crippen molar-refractivity contribution in [1.29, 1.82) is 0 Å². The molecule has 7 heteroatoms. The van der Waals surface area contributed by atoms with Crippen LogP contribution in [-0.4, -0.2) is 41.8 Å². The largest absolute Gasteiger partial charge is 0.481 e. The molecule has 2 aliphatic rings. The number of rotatable bonds is 9. The van der Waals surface area contributed by atoms with Gasteiger partial charge in [0.25, 0.3) is 0 Å². The molecule has 0 bridgehead atoms. The topological polar surface area (TPSA) is 105 Å². The van der Waals surface area contributed by atoms with E-state index in [1.165, 1.54) is 22.3 Å². The van der Waals surface area contributed by atoms with Crippen LogP contribution in [0, 0.1) is 5.92 Å². The van der Waals surface area contributed by atoms with Gasteiger partial charge in [-0.15, -0.1) is 0 Å². The van der Waals surface area contributed by atoms with Gasteiger partial charge in [0.2, 0.25) is 5.91 Å². The van der Waals surface area contributed by atoms with Crippen molar-refractivity contribution >= 4 is 18.0 Å². The van der Waals surface area contributed by atoms with E-state index in [4.69, 9.17) is 9.84 Å². The van der Waals surface area contributed by atoms with Crippen LogP contribution >= 0.6 is 0 Å². The van der Waals surface area contributed by atoms with Gasteiger partial charge in [-0.3, -0.25) is 9.59 Å². The summed E-state index contributed by atoms with van der Waals surface area (Å²) >= 11 is 0. The Hall–Kier alpha value is -3.35. The average Bonchev–Trinajstić information content (AvgIpc) is 3.38. The number of hydrogen-bond donors (Lipinski definition) is 3. The number of fused-ring (bicyclic) bond motifs is 3. The van der Waals surface area contributed by atoms with E-state index in [1.54, 1.807) is 0 Å². The van der Waals surface area contributed by atoms with Gasteiger partial charge in [0.1, 0.15) is 6.61 Å². The highest BCUT2D eigenvalue weighted by molar-refractivity contribution is 5.79. The van der Waals surface area contributed by atoms with Crippen LogP contribution in [0.3, 0.4) is 0 Å². The van der Waals surface area contributed by atoms with Crippen molar-refractivity contribution in [2.45, 2.75) is 63.5 Å². The number of carboxylic acids is 1. The van der Waals surface area contributed by atoms with E-state index in [-0.39, 0.29) is 42.9 Å². The third-order valence-corrected chi connectivity index (χ3v) is 6.96. The summed E-state index contributed by atoms with van der Waals surface area (Å²) in [4.78, 5) is 35.7. The van der Waals surface area contributed by atoms with Crippen molar-refractivity contribution in [1.82, 2.24) is 10.6 Å². The number of amides is 2. The molecule has 2 aromatic carbocycles. The maximum atomic E-state index is 12.5. The fraction of sp³-hybridized carbons (Fsp3) is 0.444. The predicted octanol–water partition coefficient (Wildman–Crippen LogP) is 4.45. The van der Waals surface area contributed by atoms with Crippen LogP contribution < -0.4 is 10.6 Å². The monoisotopic (exact) mass is 464 g/mol. The Bertz CT molecular complexity index is 1010. The van der Waals surface area contributed by atoms with Gasteiger partial charge in [0.15, 0.2) is 0 Å². The van der Waals surface area contributed by atoms with Gasteiger partial charge in [-0.25, -0.2) is 4.79 Å². The standard InChI is InChI=1S/C27H32N2O5/c1-2-18(15-26(31)32)28-25(30)14-17-11-12-19(13-17)29-27(33)34-16-24-22-9-5-3-7-20(22)21-8-4-6-10-23(21)24/h3-10,17-19,24H,2,11-16H2,1H3,(H,28,30)(H,29,33)(H,31,32)/t17?,18-,19?/m0/s1. The highest BCUT2D eigenvalue weighted by Gasteiger charge is 2.31. The minimum Gasteiger partial charge on any atom is -0.481 e. The minimum absolute atomic E-state index is 0.0190. The molecule has 3 N–H and O–H groups in total. The average molecular weight is 465 g/mol. The third kappa shape index (κ3) is 5.58. The molecule has 2 aliphatic carbocycles. The SMILES string of the molecule is CC[C@@H](CC(=O)O)NC(=O)CC1CCC(NC(=O)OCC2c3ccccc3-c3ccccc32)C1. The van der Waals surface area contributed by atoms with Crippen LogP contribution in [0.4, 0.5) is 4.79 Å². The molecule has 34 heavy (non-hydrogen) atoms. The molecule has 2 amide bonds. The highest BCUT2D eigenvalue weighted by Crippen LogP contribution is 2.44. The fourth-order valence-electron chi connectivity index (χ4n) is 5.26. The zero-order valence-corrected chi connectivity index (χ0v) is 19.5. The number of alkyl carbamates (subject to hydrolysis) is 1. The van der Waals surface area contributed by atoms with Crippen molar-refractivity contribution in [3.63, 3.8) is 0 Å². The number of benzene rings is 2. The van der Waals surface area contributed by atoms with Crippen molar-refractivity contribution in [3.05, 3.63) is 59.7 Å². The first-order valence-electron chi connectivity index (χ1n) is 12.1. The first kappa shape index (κ1) is 23.8. The van der Waals surface area contributed by atoms with E-state index >= 15 is 0 Å². The lowest BCUT2D eigenvalue weighted by Crippen LogP contribution is -2.37. The van der Waals surface area contributed by atoms with Crippen LogP contribution in [0.2, 0.25) is 0 Å². The van der Waals surface area contributed by atoms with E-state index in [2.05, 4.69) is 34.9 Å². The molecule has 1 saturated carbocycles. The molecule has 0 heterocycles. The zero-order chi connectivity index (χ0) is 24.1. The molecule has 3 atom stereocenters. The summed E-state index contributed by atoms with van der Waals surface area (Å²) in [7, 11) is 0. The molecule has 4 rings (SSSR count). The molecule has 7 nitrogen and oxygen atoms in total. The van der Waals surface area contributed by atoms with Crippen LogP contribution in [0.5, 0.6) is 0 Å². The molecule has 0 saturated heterocycles. The van der Waals surface area contributed by atoms with Crippen molar-refractivity contribution < 1.29 is 24.2 Å². The van der Waals surface area contributed by atoms with E-state index in [0.29, 0.717) is 19.3 Å². The van der Waals surface area contributed by atoms with Crippen LogP contribution in [0.1, 0.15) is 62.5 Å². The van der Waals surface area contributed by atoms with Gasteiger partial charge in [-0.1, -0.05) is 55.5 Å². The summed E-state index contributed by atoms with van der Waals surface area (Å²) in [5.41, 5.74) is 4.74. The number of ether oxygens (including phenoxy) is 1. The van der Waals surface area contributed by atoms with E-state index in [0.717, 1.165) is 12.8 Å². The van der Waals surface area contributed by atoms with Gasteiger partial charge >= 0.3 is 12.1 Å². The lowest BCUT2D eigenvalue weighted by Gasteiger charge is -2.18. The van der Waals surface area contributed by atoms with E-state index in [1.807, 2.05) is 31.2 Å². The van der Waals surface area contributed by atoms with Gasteiger partial charge in [-0.05, 0) is 53.9 Å². The summed E-state index contributed by atoms with van der Waals surface area (Å²) in [6, 6.07) is 16.1. The van der Waals surface area contributed by atoms with Crippen LogP contribution in [0.15, 0.2) is 48.5 Å². The quantitative estimate of drug-likeness (QED) is 0.508. The lowest BCUT2D eigenvalue weighted by molar-refractivity contribution is -0.137. The molecule has 0 aromatic heterocycles. The number of hydrogen-bond acceptors (Lipinski definition) is 4. The van der Waals surface area contributed by atoms with Crippen molar-refractivity contribution in [2.24, 2.45) is 5.92 Å². The maximum absolute atomic E-state index is 12.5. The molecular formula is C27H32N2O5. The summed E-state index contributed by atoms with van der Waals surface area (Å²) in [5.74, 6) is -0.850. The van der Waals surface area contributed by atoms with Gasteiger partial charge in [0.05, 0.1) is 6.42 Å². The molecule has 2 unspecified atom stereocenters. The smallest absolute Gasteiger partial charge is 0.407 e. The number of carboxylic acid groups (broad SMARTS) is 1. The highest BCUT2D eigenvalue weighted by atomic mass is 16.5. The summed E-state index contributed by atoms with van der Waals surface area (Å²) in [6.07, 6.45) is 2.79. The number of carbonyl (C=O) groups excluding carboxylic acids is 2. The molecule has 0 radical (unpaired) electrons. The van der Waals surface area contributed by atoms with Crippen molar-refractivity contribution in [3.8, 4) is 11.1 Å². The molecule has 0 spiro atoms. The first-order chi connectivity index (χ1) is 16.4. The number of carbonyl (C=O) groups is 3. The second-order valence-electron chi connectivity index (χ2n) is 9.32. The Labute approximate surface area is 199 Å². The Morgan fingerprint density at radius 1 is 1.03 bits per heavy atom. The molecule has 180 valence electrons. The lowest BCUT2D eigenvalue weighted by atomic mass is 9.98. The van der Waals surface area contributed by atoms with Crippen LogP contribution in [-0.2, 0) is 14.3 Å². The predicted molar refractivity (Wildman–Crippen MR) is 128 cm³/mol. The van der Waals surface area contributed by atoms with Gasteiger partial charge in [0, 0.05) is 24.4 Å². The second-order valence-corrected chi connectivity index (χ2v) is 9.32. The number of aliphatic carboxylic acids is 1. The van der Waals surface area contributed by atoms with E-state index < -0.39 is 12.1 Å². The Morgan fingerprint density at radius 3 is 2.29 bits per heavy atom. The Kier molecular flexibility index (Phi) is 7.50. The molecule has 2 aromatic rings. The summed E-state index contributed by atoms with van der Waals surface area (Å²) < 4.78 is 5.64. The van der Waals surface area contributed by atoms with Gasteiger partial charge in [-0.2, -0.15) is 0 Å². The molecule has 0 aliphatic heterocycles. The Morgan fingerprint density at radius 2 is 1.68 bits per heavy atom.